The first-order valence-electron chi connectivity index (χ1n) is 12.1. The van der Waals surface area contributed by atoms with Crippen molar-refractivity contribution in [3.8, 4) is 0 Å². The maximum atomic E-state index is 4.45. The van der Waals surface area contributed by atoms with Crippen LogP contribution in [0.25, 0.3) is 0 Å². The molecule has 11 heteroatoms. The van der Waals surface area contributed by atoms with Gasteiger partial charge in [0.05, 0.1) is 11.6 Å². The zero-order valence-electron chi connectivity index (χ0n) is 23.7. The second-order valence-electron chi connectivity index (χ2n) is 9.29. The summed E-state index contributed by atoms with van der Waals surface area (Å²) < 4.78 is 0. The van der Waals surface area contributed by atoms with E-state index in [1.165, 1.54) is 0 Å². The molecule has 0 amide bonds. The minimum atomic E-state index is 0. The Morgan fingerprint density at radius 1 is 0.513 bits per heavy atom. The Bertz CT molecular complexity index is 1340. The molecule has 208 valence electrons. The van der Waals surface area contributed by atoms with Crippen LogP contribution < -0.4 is 40.5 Å². The van der Waals surface area contributed by atoms with E-state index in [4.69, 9.17) is 0 Å². The van der Waals surface area contributed by atoms with Crippen molar-refractivity contribution in [3.63, 3.8) is 0 Å². The van der Waals surface area contributed by atoms with Crippen LogP contribution in [0, 0.1) is 0 Å². The SMILES string of the molecule is CN(C)c1ccnc(N=c2cc(N(C)C)cc[n-]2)c1.CN(C)c1ccnc(N=c2cc(N(C)C)cc[n-]2)c1.[Pt+2]. The fraction of sp³-hybridized carbons (Fsp3) is 0.286. The summed E-state index contributed by atoms with van der Waals surface area (Å²) in [5.41, 5.74) is 5.59. The predicted octanol–water partition coefficient (Wildman–Crippen LogP) is 2.80. The number of anilines is 4. The van der Waals surface area contributed by atoms with Crippen LogP contribution >= 0.6 is 0 Å². The van der Waals surface area contributed by atoms with Crippen LogP contribution in [0.15, 0.2) is 83.3 Å². The third-order valence-corrected chi connectivity index (χ3v) is 5.44. The van der Waals surface area contributed by atoms with Gasteiger partial charge in [0, 0.05) is 91.5 Å². The van der Waals surface area contributed by atoms with E-state index in [-0.39, 0.29) is 21.1 Å². The molecule has 0 atom stereocenters. The maximum Gasteiger partial charge on any atom is 2.00 e. The van der Waals surface area contributed by atoms with Gasteiger partial charge in [-0.1, -0.05) is 23.4 Å². The molecule has 0 radical (unpaired) electrons. The predicted molar refractivity (Wildman–Crippen MR) is 156 cm³/mol. The molecule has 0 N–H and O–H groups in total. The molecule has 10 nitrogen and oxygen atoms in total. The third kappa shape index (κ3) is 9.72. The molecule has 4 aromatic rings. The van der Waals surface area contributed by atoms with E-state index in [1.54, 1.807) is 24.8 Å². The van der Waals surface area contributed by atoms with Crippen molar-refractivity contribution in [2.75, 3.05) is 76.0 Å². The molecule has 0 aromatic carbocycles. The Kier molecular flexibility index (Phi) is 11.9. The van der Waals surface area contributed by atoms with Crippen LogP contribution in [0.5, 0.6) is 0 Å². The Labute approximate surface area is 245 Å². The molecular formula is C28H36N10Pt. The van der Waals surface area contributed by atoms with Crippen LogP contribution in [-0.4, -0.2) is 66.3 Å². The number of nitrogens with zero attached hydrogens (tertiary/aromatic N) is 10. The molecule has 0 aliphatic heterocycles. The first kappa shape index (κ1) is 31.3. The molecule has 4 heterocycles. The second-order valence-corrected chi connectivity index (χ2v) is 9.29. The van der Waals surface area contributed by atoms with Crippen molar-refractivity contribution in [1.82, 2.24) is 19.9 Å². The quantitative estimate of drug-likeness (QED) is 0.303. The van der Waals surface area contributed by atoms with Crippen molar-refractivity contribution in [3.05, 3.63) is 84.3 Å². The zero-order valence-corrected chi connectivity index (χ0v) is 26.0. The molecular weight excluding hydrogens is 671 g/mol. The third-order valence-electron chi connectivity index (χ3n) is 5.44. The van der Waals surface area contributed by atoms with E-state index >= 15 is 0 Å². The molecule has 4 rings (SSSR count). The summed E-state index contributed by atoms with van der Waals surface area (Å²) in [5, 5.41) is 0. The Hall–Kier alpha value is -3.91. The average molecular weight is 708 g/mol. The van der Waals surface area contributed by atoms with E-state index in [0.29, 0.717) is 22.6 Å². The van der Waals surface area contributed by atoms with Gasteiger partial charge in [-0.05, 0) is 48.5 Å². The van der Waals surface area contributed by atoms with Gasteiger partial charge in [0.25, 0.3) is 0 Å². The minimum Gasteiger partial charge on any atom is -0.442 e. The van der Waals surface area contributed by atoms with E-state index in [0.717, 1.165) is 22.7 Å². The van der Waals surface area contributed by atoms with Crippen LogP contribution in [0.4, 0.5) is 34.4 Å². The molecule has 0 unspecified atom stereocenters. The maximum absolute atomic E-state index is 4.45. The van der Waals surface area contributed by atoms with Crippen molar-refractivity contribution >= 4 is 34.4 Å². The van der Waals surface area contributed by atoms with Crippen LogP contribution in [0.3, 0.4) is 0 Å². The average Bonchev–Trinajstić information content (AvgIpc) is 2.89. The van der Waals surface area contributed by atoms with Crippen molar-refractivity contribution < 1.29 is 21.1 Å². The molecule has 4 aromatic heterocycles. The van der Waals surface area contributed by atoms with Gasteiger partial charge < -0.3 is 39.6 Å². The van der Waals surface area contributed by atoms with Gasteiger partial charge in [-0.25, -0.2) is 0 Å². The summed E-state index contributed by atoms with van der Waals surface area (Å²) >= 11 is 0. The molecule has 0 bridgehead atoms. The summed E-state index contributed by atoms with van der Waals surface area (Å²) in [6, 6.07) is 15.5. The Balaban J connectivity index is 0.000000267. The summed E-state index contributed by atoms with van der Waals surface area (Å²) in [5.74, 6) is 1.32. The van der Waals surface area contributed by atoms with Crippen LogP contribution in [0.2, 0.25) is 0 Å². The molecule has 0 saturated heterocycles. The van der Waals surface area contributed by atoms with Gasteiger partial charge in [-0.3, -0.25) is 9.97 Å². The van der Waals surface area contributed by atoms with E-state index in [1.807, 2.05) is 125 Å². The number of aromatic nitrogens is 4. The number of rotatable bonds is 6. The van der Waals surface area contributed by atoms with Gasteiger partial charge in [0.15, 0.2) is 0 Å². The van der Waals surface area contributed by atoms with Gasteiger partial charge in [-0.2, -0.15) is 0 Å². The fourth-order valence-corrected chi connectivity index (χ4v) is 3.22. The first-order chi connectivity index (χ1) is 18.1. The molecule has 0 saturated carbocycles. The summed E-state index contributed by atoms with van der Waals surface area (Å²) in [6.45, 7) is 0. The molecule has 39 heavy (non-hydrogen) atoms. The number of pyridine rings is 4. The number of hydrogen-bond donors (Lipinski definition) is 0. The fourth-order valence-electron chi connectivity index (χ4n) is 3.22. The van der Waals surface area contributed by atoms with Gasteiger partial charge in [0.2, 0.25) is 0 Å². The van der Waals surface area contributed by atoms with E-state index < -0.39 is 0 Å². The van der Waals surface area contributed by atoms with E-state index in [9.17, 15) is 0 Å². The normalized spacial score (nSPS) is 11.2. The molecule has 0 spiro atoms. The van der Waals surface area contributed by atoms with Gasteiger partial charge >= 0.3 is 21.1 Å². The van der Waals surface area contributed by atoms with Crippen LogP contribution in [0.1, 0.15) is 0 Å². The minimum absolute atomic E-state index is 0. The van der Waals surface area contributed by atoms with Crippen molar-refractivity contribution in [2.45, 2.75) is 0 Å². The topological polar surface area (TPSA) is 91.7 Å². The monoisotopic (exact) mass is 707 g/mol. The van der Waals surface area contributed by atoms with E-state index in [2.05, 4.69) is 29.9 Å². The molecule has 0 fully saturated rings. The van der Waals surface area contributed by atoms with Crippen molar-refractivity contribution in [1.29, 1.82) is 0 Å². The zero-order chi connectivity index (χ0) is 27.7. The smallest absolute Gasteiger partial charge is 0.442 e. The van der Waals surface area contributed by atoms with Gasteiger partial charge in [-0.15, -0.1) is 0 Å². The Morgan fingerprint density at radius 3 is 1.18 bits per heavy atom. The summed E-state index contributed by atoms with van der Waals surface area (Å²) in [6.07, 6.45) is 7.02. The largest absolute Gasteiger partial charge is 2.00 e. The molecule has 0 aliphatic carbocycles. The summed E-state index contributed by atoms with van der Waals surface area (Å²) in [4.78, 5) is 34.0. The Morgan fingerprint density at radius 2 is 0.846 bits per heavy atom. The first-order valence-corrected chi connectivity index (χ1v) is 12.1. The number of hydrogen-bond acceptors (Lipinski definition) is 8. The van der Waals surface area contributed by atoms with Crippen molar-refractivity contribution in [2.24, 2.45) is 9.98 Å². The standard InChI is InChI=1S/2C14H18N5.Pt/c2*1-18(2)11-5-7-15-13(9-11)17-14-10-12(19(3)4)6-8-16-14;/h2*5-10H,1-4H3;/q2*-1;+2. The summed E-state index contributed by atoms with van der Waals surface area (Å²) in [7, 11) is 15.9. The van der Waals surface area contributed by atoms with Gasteiger partial charge in [0.1, 0.15) is 0 Å². The molecule has 0 aliphatic rings. The van der Waals surface area contributed by atoms with Crippen LogP contribution in [-0.2, 0) is 21.1 Å². The second kappa shape index (κ2) is 14.9.